The molecule has 0 aliphatic rings. The molecule has 30 heavy (non-hydrogen) atoms. The summed E-state index contributed by atoms with van der Waals surface area (Å²) in [6.07, 6.45) is -4.87. The molecule has 0 aliphatic carbocycles. The Morgan fingerprint density at radius 2 is 1.70 bits per heavy atom. The molecule has 3 N–H and O–H groups in total. The van der Waals surface area contributed by atoms with Crippen LogP contribution in [0.15, 0.2) is 53.4 Å². The number of aryl methyl sites for hydroxylation is 1. The monoisotopic (exact) mass is 443 g/mol. The van der Waals surface area contributed by atoms with Gasteiger partial charge in [-0.15, -0.1) is 0 Å². The molecule has 0 saturated carbocycles. The van der Waals surface area contributed by atoms with Gasteiger partial charge in [-0.1, -0.05) is 30.3 Å². The fourth-order valence-corrected chi connectivity index (χ4v) is 3.86. The first kappa shape index (κ1) is 21.9. The molecule has 0 unspecified atom stereocenters. The Morgan fingerprint density at radius 1 is 1.07 bits per heavy atom. The number of nitrogens with zero attached hydrogens (tertiary/aromatic N) is 2. The van der Waals surface area contributed by atoms with E-state index in [0.29, 0.717) is 4.68 Å². The summed E-state index contributed by atoms with van der Waals surface area (Å²) in [6, 6.07) is 9.59. The van der Waals surface area contributed by atoms with Gasteiger partial charge >= 0.3 is 6.18 Å². The number of nitrogens with two attached hydrogens (primary N) is 1. The number of alkyl halides is 3. The van der Waals surface area contributed by atoms with E-state index in [1.54, 1.807) is 0 Å². The number of rotatable bonds is 6. The quantitative estimate of drug-likeness (QED) is 0.571. The van der Waals surface area contributed by atoms with Crippen LogP contribution in [0.5, 0.6) is 0 Å². The average molecular weight is 443 g/mol. The highest BCUT2D eigenvalue weighted by Crippen LogP contribution is 2.44. The van der Waals surface area contributed by atoms with E-state index in [4.69, 9.17) is 10.2 Å². The third kappa shape index (κ3) is 4.37. The molecule has 1 heterocycles. The summed E-state index contributed by atoms with van der Waals surface area (Å²) in [4.78, 5) is -0.395. The smallest absolute Gasteiger partial charge is 0.396 e. The molecule has 0 aliphatic heterocycles. The van der Waals surface area contributed by atoms with Crippen molar-refractivity contribution in [3.05, 3.63) is 60.0 Å². The second-order valence-corrected chi connectivity index (χ2v) is 7.95. The molecule has 0 fully saturated rings. The number of hydrogen-bond donors (Lipinski definition) is 2. The Balaban J connectivity index is 2.41. The Labute approximate surface area is 169 Å². The van der Waals surface area contributed by atoms with Gasteiger partial charge in [-0.25, -0.2) is 17.9 Å². The van der Waals surface area contributed by atoms with Crippen LogP contribution in [-0.4, -0.2) is 29.9 Å². The van der Waals surface area contributed by atoms with Gasteiger partial charge in [-0.3, -0.25) is 4.68 Å². The number of aromatic nitrogens is 2. The summed E-state index contributed by atoms with van der Waals surface area (Å²) < 4.78 is 80.2. The van der Waals surface area contributed by atoms with Crippen molar-refractivity contribution in [3.63, 3.8) is 0 Å². The molecule has 3 aromatic rings. The minimum Gasteiger partial charge on any atom is -0.396 e. The molecule has 0 radical (unpaired) electrons. The van der Waals surface area contributed by atoms with Gasteiger partial charge < -0.3 is 5.11 Å². The molecule has 1 aromatic heterocycles. The molecule has 3 rings (SSSR count). The third-order valence-corrected chi connectivity index (χ3v) is 5.30. The van der Waals surface area contributed by atoms with Gasteiger partial charge in [0.2, 0.25) is 10.0 Å². The van der Waals surface area contributed by atoms with Gasteiger partial charge in [-0.2, -0.15) is 18.3 Å². The van der Waals surface area contributed by atoms with Crippen LogP contribution < -0.4 is 5.14 Å². The van der Waals surface area contributed by atoms with E-state index in [-0.39, 0.29) is 36.4 Å². The standard InChI is InChI=1S/C19H17F4N3O3S/c20-13-8-6-12(7-9-13)16-17(14-4-1-2-5-15(14)30(24,28)29)25-26(10-3-11-27)18(16)19(21,22)23/h1-2,4-9,27H,3,10-11H2,(H2,24,28,29). The van der Waals surface area contributed by atoms with Crippen LogP contribution in [0.4, 0.5) is 17.6 Å². The lowest BCUT2D eigenvalue weighted by atomic mass is 9.98. The summed E-state index contributed by atoms with van der Waals surface area (Å²) >= 11 is 0. The molecule has 2 aromatic carbocycles. The number of primary sulfonamides is 1. The molecule has 0 atom stereocenters. The predicted molar refractivity (Wildman–Crippen MR) is 101 cm³/mol. The SMILES string of the molecule is NS(=O)(=O)c1ccccc1-c1nn(CCCO)c(C(F)(F)F)c1-c1ccc(F)cc1. The number of halogens is 4. The van der Waals surface area contributed by atoms with E-state index in [0.717, 1.165) is 24.3 Å². The van der Waals surface area contributed by atoms with Crippen molar-refractivity contribution < 1.29 is 31.1 Å². The minimum atomic E-state index is -4.86. The minimum absolute atomic E-state index is 0.00167. The first-order valence-corrected chi connectivity index (χ1v) is 10.3. The topological polar surface area (TPSA) is 98.2 Å². The van der Waals surface area contributed by atoms with Gasteiger partial charge in [-0.05, 0) is 30.2 Å². The van der Waals surface area contributed by atoms with E-state index in [2.05, 4.69) is 5.10 Å². The van der Waals surface area contributed by atoms with Gasteiger partial charge in [0.25, 0.3) is 0 Å². The first-order valence-electron chi connectivity index (χ1n) is 8.71. The summed E-state index contributed by atoms with van der Waals surface area (Å²) in [6.45, 7) is -0.636. The fourth-order valence-electron chi connectivity index (χ4n) is 3.12. The van der Waals surface area contributed by atoms with Crippen molar-refractivity contribution in [1.82, 2.24) is 9.78 Å². The zero-order chi connectivity index (χ0) is 22.1. The largest absolute Gasteiger partial charge is 0.433 e. The predicted octanol–water partition coefficient (Wildman–Crippen LogP) is 3.40. The number of aliphatic hydroxyl groups excluding tert-OH is 1. The Bertz CT molecular complexity index is 1160. The second kappa shape index (κ2) is 8.17. The second-order valence-electron chi connectivity index (χ2n) is 6.42. The van der Waals surface area contributed by atoms with Crippen molar-refractivity contribution in [3.8, 4) is 22.4 Å². The van der Waals surface area contributed by atoms with Crippen LogP contribution in [0.3, 0.4) is 0 Å². The van der Waals surface area contributed by atoms with Crippen LogP contribution >= 0.6 is 0 Å². The van der Waals surface area contributed by atoms with Gasteiger partial charge in [0, 0.05) is 24.3 Å². The lowest BCUT2D eigenvalue weighted by Crippen LogP contribution is -2.16. The zero-order valence-electron chi connectivity index (χ0n) is 15.4. The molecule has 11 heteroatoms. The number of hydrogen-bond acceptors (Lipinski definition) is 4. The highest BCUT2D eigenvalue weighted by Gasteiger charge is 2.41. The normalized spacial score (nSPS) is 12.3. The summed E-state index contributed by atoms with van der Waals surface area (Å²) in [5, 5.41) is 18.3. The maximum atomic E-state index is 14.0. The molecule has 0 spiro atoms. The van der Waals surface area contributed by atoms with Crippen LogP contribution in [-0.2, 0) is 22.7 Å². The molecule has 6 nitrogen and oxygen atoms in total. The zero-order valence-corrected chi connectivity index (χ0v) is 16.2. The maximum Gasteiger partial charge on any atom is 0.433 e. The van der Waals surface area contributed by atoms with Crippen molar-refractivity contribution in [1.29, 1.82) is 0 Å². The van der Waals surface area contributed by atoms with E-state index in [9.17, 15) is 26.0 Å². The Hall–Kier alpha value is -2.76. The van der Waals surface area contributed by atoms with E-state index in [1.165, 1.54) is 24.3 Å². The summed E-state index contributed by atoms with van der Waals surface area (Å²) in [5.74, 6) is -0.647. The fraction of sp³-hybridized carbons (Fsp3) is 0.211. The van der Waals surface area contributed by atoms with E-state index >= 15 is 0 Å². The maximum absolute atomic E-state index is 14.0. The van der Waals surface area contributed by atoms with Crippen molar-refractivity contribution in [2.45, 2.75) is 24.0 Å². The summed E-state index contributed by atoms with van der Waals surface area (Å²) in [7, 11) is -4.27. The molecule has 0 bridgehead atoms. The molecule has 0 saturated heterocycles. The Morgan fingerprint density at radius 3 is 2.27 bits per heavy atom. The third-order valence-electron chi connectivity index (χ3n) is 4.33. The molecule has 0 amide bonds. The van der Waals surface area contributed by atoms with Crippen LogP contribution in [0.25, 0.3) is 22.4 Å². The number of aliphatic hydroxyl groups is 1. The molecular formula is C19H17F4N3O3S. The average Bonchev–Trinajstić information content (AvgIpc) is 3.06. The Kier molecular flexibility index (Phi) is 5.97. The highest BCUT2D eigenvalue weighted by atomic mass is 32.2. The van der Waals surface area contributed by atoms with Crippen LogP contribution in [0, 0.1) is 5.82 Å². The lowest BCUT2D eigenvalue weighted by Gasteiger charge is -2.13. The summed E-state index contributed by atoms with van der Waals surface area (Å²) in [5.41, 5.74) is -1.93. The van der Waals surface area contributed by atoms with Gasteiger partial charge in [0.15, 0.2) is 5.69 Å². The van der Waals surface area contributed by atoms with Crippen LogP contribution in [0.1, 0.15) is 12.1 Å². The van der Waals surface area contributed by atoms with E-state index in [1.807, 2.05) is 0 Å². The molecule has 160 valence electrons. The highest BCUT2D eigenvalue weighted by molar-refractivity contribution is 7.89. The van der Waals surface area contributed by atoms with Crippen molar-refractivity contribution in [2.75, 3.05) is 6.61 Å². The van der Waals surface area contributed by atoms with Gasteiger partial charge in [0.05, 0.1) is 4.90 Å². The van der Waals surface area contributed by atoms with Crippen molar-refractivity contribution >= 4 is 10.0 Å². The van der Waals surface area contributed by atoms with Crippen LogP contribution in [0.2, 0.25) is 0 Å². The van der Waals surface area contributed by atoms with E-state index < -0.39 is 38.2 Å². The first-order chi connectivity index (χ1) is 14.0. The number of sulfonamides is 1. The molecular weight excluding hydrogens is 426 g/mol. The van der Waals surface area contributed by atoms with Gasteiger partial charge in [0.1, 0.15) is 11.5 Å². The number of benzene rings is 2. The lowest BCUT2D eigenvalue weighted by molar-refractivity contribution is -0.143. The van der Waals surface area contributed by atoms with Crippen molar-refractivity contribution in [2.24, 2.45) is 5.14 Å².